The van der Waals surface area contributed by atoms with Crippen molar-refractivity contribution in [3.8, 4) is 11.4 Å². The summed E-state index contributed by atoms with van der Waals surface area (Å²) in [6.45, 7) is 1.85. The molecule has 1 N–H and O–H groups in total. The lowest BCUT2D eigenvalue weighted by Crippen LogP contribution is -2.40. The molecular formula is C21H20FN5O2S. The van der Waals surface area contributed by atoms with Gasteiger partial charge in [-0.2, -0.15) is 0 Å². The van der Waals surface area contributed by atoms with Crippen LogP contribution in [0.1, 0.15) is 13.3 Å². The molecule has 3 aromatic rings. The van der Waals surface area contributed by atoms with Crippen LogP contribution in [0.2, 0.25) is 0 Å². The molecule has 2 amide bonds. The van der Waals surface area contributed by atoms with Gasteiger partial charge in [-0.15, -0.1) is 10.2 Å². The minimum absolute atomic E-state index is 0.107. The van der Waals surface area contributed by atoms with Crippen LogP contribution in [-0.4, -0.2) is 38.4 Å². The Bertz CT molecular complexity index is 1120. The van der Waals surface area contributed by atoms with Crippen molar-refractivity contribution in [1.82, 2.24) is 14.8 Å². The maximum atomic E-state index is 14.1. The molecule has 0 radical (unpaired) electrons. The summed E-state index contributed by atoms with van der Waals surface area (Å²) in [7, 11) is 1.74. The number of anilines is 2. The van der Waals surface area contributed by atoms with E-state index in [-0.39, 0.29) is 35.8 Å². The number of fused-ring (bicyclic) bond motifs is 1. The van der Waals surface area contributed by atoms with E-state index in [0.717, 1.165) is 0 Å². The normalized spacial score (nSPS) is 16.0. The van der Waals surface area contributed by atoms with Crippen molar-refractivity contribution in [2.45, 2.75) is 24.5 Å². The lowest BCUT2D eigenvalue weighted by molar-refractivity contribution is -0.117. The first-order valence-corrected chi connectivity index (χ1v) is 10.4. The lowest BCUT2D eigenvalue weighted by Gasteiger charge is -2.27. The van der Waals surface area contributed by atoms with Crippen molar-refractivity contribution in [3.63, 3.8) is 0 Å². The van der Waals surface area contributed by atoms with E-state index < -0.39 is 0 Å². The second-order valence-corrected chi connectivity index (χ2v) is 7.96. The number of rotatable bonds is 4. The molecule has 2 heterocycles. The maximum Gasteiger partial charge on any atom is 0.237 e. The van der Waals surface area contributed by atoms with Gasteiger partial charge in [0.1, 0.15) is 5.82 Å². The fourth-order valence-electron chi connectivity index (χ4n) is 3.48. The Morgan fingerprint density at radius 3 is 2.73 bits per heavy atom. The number of hydrogen-bond donors (Lipinski definition) is 1. The molecule has 0 fully saturated rings. The lowest BCUT2D eigenvalue weighted by atomic mass is 10.2. The van der Waals surface area contributed by atoms with Crippen LogP contribution in [0.3, 0.4) is 0 Å². The van der Waals surface area contributed by atoms with Gasteiger partial charge in [-0.05, 0) is 31.2 Å². The molecule has 0 aliphatic carbocycles. The number of aromatic nitrogens is 3. The van der Waals surface area contributed by atoms with Crippen LogP contribution in [0.25, 0.3) is 11.4 Å². The van der Waals surface area contributed by atoms with Crippen molar-refractivity contribution in [2.24, 2.45) is 7.05 Å². The maximum absolute atomic E-state index is 14.1. The number of nitrogens with zero attached hydrogens (tertiary/aromatic N) is 4. The molecule has 154 valence electrons. The quantitative estimate of drug-likeness (QED) is 0.648. The van der Waals surface area contributed by atoms with Gasteiger partial charge in [-0.25, -0.2) is 4.39 Å². The van der Waals surface area contributed by atoms with Gasteiger partial charge in [0.2, 0.25) is 11.8 Å². The number of benzene rings is 2. The molecule has 7 nitrogen and oxygen atoms in total. The highest BCUT2D eigenvalue weighted by molar-refractivity contribution is 7.99. The van der Waals surface area contributed by atoms with Crippen molar-refractivity contribution in [3.05, 3.63) is 54.3 Å². The predicted octanol–water partition coefficient (Wildman–Crippen LogP) is 3.48. The third kappa shape index (κ3) is 3.80. The number of carbonyl (C=O) groups excluding carboxylic acids is 2. The summed E-state index contributed by atoms with van der Waals surface area (Å²) < 4.78 is 15.8. The molecule has 0 unspecified atom stereocenters. The first-order chi connectivity index (χ1) is 14.5. The third-order valence-electron chi connectivity index (χ3n) is 4.90. The molecule has 2 aromatic carbocycles. The van der Waals surface area contributed by atoms with Gasteiger partial charge < -0.3 is 14.8 Å². The molecule has 0 spiro atoms. The highest BCUT2D eigenvalue weighted by Gasteiger charge is 2.29. The van der Waals surface area contributed by atoms with Crippen molar-refractivity contribution < 1.29 is 14.0 Å². The van der Waals surface area contributed by atoms with E-state index in [0.29, 0.717) is 27.9 Å². The van der Waals surface area contributed by atoms with Gasteiger partial charge in [0, 0.05) is 19.5 Å². The van der Waals surface area contributed by atoms with Crippen LogP contribution in [0.5, 0.6) is 0 Å². The molecular weight excluding hydrogens is 405 g/mol. The minimum Gasteiger partial charge on any atom is -0.324 e. The van der Waals surface area contributed by atoms with Gasteiger partial charge >= 0.3 is 0 Å². The summed E-state index contributed by atoms with van der Waals surface area (Å²) >= 11 is 1.22. The third-order valence-corrected chi connectivity index (χ3v) is 5.91. The predicted molar refractivity (Wildman–Crippen MR) is 114 cm³/mol. The largest absolute Gasteiger partial charge is 0.324 e. The van der Waals surface area contributed by atoms with Crippen LogP contribution in [0.15, 0.2) is 53.7 Å². The zero-order chi connectivity index (χ0) is 21.3. The smallest absolute Gasteiger partial charge is 0.237 e. The highest BCUT2D eigenvalue weighted by Crippen LogP contribution is 2.32. The molecule has 1 atom stereocenters. The van der Waals surface area contributed by atoms with Gasteiger partial charge in [0.05, 0.1) is 22.7 Å². The van der Waals surface area contributed by atoms with Crippen LogP contribution in [-0.2, 0) is 16.6 Å². The summed E-state index contributed by atoms with van der Waals surface area (Å²) in [5.41, 5.74) is 1.64. The Morgan fingerprint density at radius 2 is 1.93 bits per heavy atom. The summed E-state index contributed by atoms with van der Waals surface area (Å²) in [4.78, 5) is 26.8. The topological polar surface area (TPSA) is 80.1 Å². The molecule has 1 aliphatic rings. The number of hydrogen-bond acceptors (Lipinski definition) is 5. The molecule has 30 heavy (non-hydrogen) atoms. The fourth-order valence-corrected chi connectivity index (χ4v) is 4.25. The van der Waals surface area contributed by atoms with Gasteiger partial charge in [-0.1, -0.05) is 36.0 Å². The van der Waals surface area contributed by atoms with E-state index in [1.54, 1.807) is 40.8 Å². The first kappa shape index (κ1) is 20.1. The number of para-hydroxylation sites is 2. The average molecular weight is 425 g/mol. The second-order valence-electron chi connectivity index (χ2n) is 7.02. The Kier molecular flexibility index (Phi) is 5.54. The van der Waals surface area contributed by atoms with Gasteiger partial charge in [-0.3, -0.25) is 9.59 Å². The molecule has 1 aromatic heterocycles. The number of thioether (sulfide) groups is 1. The molecule has 0 saturated carbocycles. The Morgan fingerprint density at radius 1 is 1.20 bits per heavy atom. The SMILES string of the molecule is C[C@@H]1CC(=O)Nc2ccccc2N1C(=O)CSc1nnc(-c2ccccc2F)n1C. The molecule has 1 aliphatic heterocycles. The van der Waals surface area contributed by atoms with Crippen molar-refractivity contribution in [2.75, 3.05) is 16.0 Å². The number of amides is 2. The summed E-state index contributed by atoms with van der Waals surface area (Å²) in [5.74, 6) is -0.150. The zero-order valence-corrected chi connectivity index (χ0v) is 17.3. The minimum atomic E-state index is -0.382. The van der Waals surface area contributed by atoms with E-state index in [1.165, 1.54) is 17.8 Å². The average Bonchev–Trinajstić information content (AvgIpc) is 3.01. The summed E-state index contributed by atoms with van der Waals surface area (Å²) in [6.07, 6.45) is 0.215. The molecule has 0 bridgehead atoms. The number of halogens is 1. The van der Waals surface area contributed by atoms with E-state index in [9.17, 15) is 14.0 Å². The van der Waals surface area contributed by atoms with Crippen LogP contribution >= 0.6 is 11.8 Å². The van der Waals surface area contributed by atoms with Gasteiger partial charge in [0.25, 0.3) is 0 Å². The fraction of sp³-hybridized carbons (Fsp3) is 0.238. The summed E-state index contributed by atoms with van der Waals surface area (Å²) in [5, 5.41) is 11.6. The van der Waals surface area contributed by atoms with Crippen LogP contribution in [0.4, 0.5) is 15.8 Å². The number of nitrogens with one attached hydrogen (secondary N) is 1. The van der Waals surface area contributed by atoms with Crippen molar-refractivity contribution in [1.29, 1.82) is 0 Å². The number of carbonyl (C=O) groups is 2. The zero-order valence-electron chi connectivity index (χ0n) is 16.5. The molecule has 9 heteroatoms. The van der Waals surface area contributed by atoms with Crippen molar-refractivity contribution >= 4 is 35.0 Å². The Balaban J connectivity index is 1.54. The van der Waals surface area contributed by atoms with Crippen LogP contribution < -0.4 is 10.2 Å². The highest BCUT2D eigenvalue weighted by atomic mass is 32.2. The standard InChI is InChI=1S/C21H20FN5O2S/c1-13-11-18(28)23-16-9-5-6-10-17(16)27(13)19(29)12-30-21-25-24-20(26(21)2)14-7-3-4-8-15(14)22/h3-10,13H,11-12H2,1-2H3,(H,23,28)/t13-/m1/s1. The van der Waals surface area contributed by atoms with E-state index in [1.807, 2.05) is 25.1 Å². The van der Waals surface area contributed by atoms with E-state index in [4.69, 9.17) is 0 Å². The molecule has 4 rings (SSSR count). The monoisotopic (exact) mass is 425 g/mol. The summed E-state index contributed by atoms with van der Waals surface area (Å²) in [6, 6.07) is 13.3. The Hall–Kier alpha value is -3.20. The molecule has 0 saturated heterocycles. The van der Waals surface area contributed by atoms with Crippen LogP contribution in [0, 0.1) is 5.82 Å². The first-order valence-electron chi connectivity index (χ1n) is 9.43. The van der Waals surface area contributed by atoms with Gasteiger partial charge in [0.15, 0.2) is 11.0 Å². The second kappa shape index (κ2) is 8.27. The Labute approximate surface area is 177 Å². The van der Waals surface area contributed by atoms with E-state index >= 15 is 0 Å². The van der Waals surface area contributed by atoms with E-state index in [2.05, 4.69) is 15.5 Å².